The van der Waals surface area contributed by atoms with Gasteiger partial charge in [0, 0.05) is 13.2 Å². The van der Waals surface area contributed by atoms with Crippen LogP contribution in [0.4, 0.5) is 0 Å². The van der Waals surface area contributed by atoms with Crippen LogP contribution in [0, 0.1) is 0 Å². The van der Waals surface area contributed by atoms with Gasteiger partial charge >= 0.3 is 0 Å². The van der Waals surface area contributed by atoms with Crippen molar-refractivity contribution in [2.45, 2.75) is 44.2 Å². The molecule has 2 aliphatic heterocycles. The SMILES string of the molecule is O=C1NCCCC[C@H]1NC(=O)[C@H]1CCCO1. The molecule has 2 aliphatic rings. The number of amides is 2. The van der Waals surface area contributed by atoms with Crippen LogP contribution in [0.2, 0.25) is 0 Å². The van der Waals surface area contributed by atoms with Gasteiger partial charge in [0.15, 0.2) is 0 Å². The summed E-state index contributed by atoms with van der Waals surface area (Å²) in [5.41, 5.74) is 0. The van der Waals surface area contributed by atoms with Gasteiger partial charge in [0.2, 0.25) is 11.8 Å². The number of hydrogen-bond acceptors (Lipinski definition) is 3. The van der Waals surface area contributed by atoms with Crippen molar-refractivity contribution in [1.82, 2.24) is 10.6 Å². The monoisotopic (exact) mass is 226 g/mol. The third-order valence-electron chi connectivity index (χ3n) is 3.07. The zero-order valence-corrected chi connectivity index (χ0v) is 9.33. The predicted molar refractivity (Wildman–Crippen MR) is 57.8 cm³/mol. The van der Waals surface area contributed by atoms with Gasteiger partial charge in [-0.1, -0.05) is 0 Å². The van der Waals surface area contributed by atoms with Gasteiger partial charge in [0.25, 0.3) is 0 Å². The highest BCUT2D eigenvalue weighted by Gasteiger charge is 2.28. The lowest BCUT2D eigenvalue weighted by molar-refractivity contribution is -0.134. The Bertz CT molecular complexity index is 274. The summed E-state index contributed by atoms with van der Waals surface area (Å²) in [4.78, 5) is 23.4. The quantitative estimate of drug-likeness (QED) is 0.693. The van der Waals surface area contributed by atoms with Crippen LogP contribution in [0.25, 0.3) is 0 Å². The second-order valence-electron chi connectivity index (χ2n) is 4.35. The van der Waals surface area contributed by atoms with Gasteiger partial charge < -0.3 is 15.4 Å². The standard InChI is InChI=1S/C11H18N2O3/c14-10-8(4-1-2-6-12-10)13-11(15)9-5-3-7-16-9/h8-9H,1-7H2,(H,12,14)(H,13,15)/t8-,9-/m1/s1. The Morgan fingerprint density at radius 3 is 2.94 bits per heavy atom. The van der Waals surface area contributed by atoms with Crippen molar-refractivity contribution in [3.63, 3.8) is 0 Å². The molecular weight excluding hydrogens is 208 g/mol. The minimum atomic E-state index is -0.376. The van der Waals surface area contributed by atoms with Gasteiger partial charge in [-0.2, -0.15) is 0 Å². The van der Waals surface area contributed by atoms with E-state index in [1.807, 2.05) is 0 Å². The van der Waals surface area contributed by atoms with E-state index in [0.717, 1.165) is 32.1 Å². The maximum absolute atomic E-state index is 11.8. The molecule has 0 aromatic carbocycles. The van der Waals surface area contributed by atoms with Crippen LogP contribution in [0.1, 0.15) is 32.1 Å². The average molecular weight is 226 g/mol. The Morgan fingerprint density at radius 2 is 2.19 bits per heavy atom. The summed E-state index contributed by atoms with van der Waals surface area (Å²) in [7, 11) is 0. The van der Waals surface area contributed by atoms with Crippen LogP contribution in [0.15, 0.2) is 0 Å². The molecule has 90 valence electrons. The second-order valence-corrected chi connectivity index (χ2v) is 4.35. The molecule has 0 saturated carbocycles. The van der Waals surface area contributed by atoms with E-state index in [1.165, 1.54) is 0 Å². The fourth-order valence-corrected chi connectivity index (χ4v) is 2.13. The van der Waals surface area contributed by atoms with Crippen molar-refractivity contribution >= 4 is 11.8 Å². The second kappa shape index (κ2) is 5.30. The number of nitrogens with one attached hydrogen (secondary N) is 2. The Labute approximate surface area is 94.9 Å². The first kappa shape index (κ1) is 11.4. The normalized spacial score (nSPS) is 30.6. The van der Waals surface area contributed by atoms with E-state index in [2.05, 4.69) is 10.6 Å². The molecular formula is C11H18N2O3. The highest BCUT2D eigenvalue weighted by Crippen LogP contribution is 2.13. The molecule has 2 N–H and O–H groups in total. The van der Waals surface area contributed by atoms with Gasteiger partial charge in [0.05, 0.1) is 0 Å². The molecule has 2 saturated heterocycles. The molecule has 0 unspecified atom stereocenters. The van der Waals surface area contributed by atoms with E-state index >= 15 is 0 Å². The van der Waals surface area contributed by atoms with E-state index in [9.17, 15) is 9.59 Å². The van der Waals surface area contributed by atoms with Crippen molar-refractivity contribution in [2.75, 3.05) is 13.2 Å². The average Bonchev–Trinajstić information content (AvgIpc) is 2.73. The highest BCUT2D eigenvalue weighted by atomic mass is 16.5. The molecule has 16 heavy (non-hydrogen) atoms. The molecule has 2 atom stereocenters. The Kier molecular flexibility index (Phi) is 3.77. The lowest BCUT2D eigenvalue weighted by Crippen LogP contribution is -2.48. The first-order valence-corrected chi connectivity index (χ1v) is 5.97. The number of hydrogen-bond donors (Lipinski definition) is 2. The largest absolute Gasteiger partial charge is 0.368 e. The summed E-state index contributed by atoms with van der Waals surface area (Å²) in [5, 5.41) is 5.57. The molecule has 0 aromatic heterocycles. The fraction of sp³-hybridized carbons (Fsp3) is 0.818. The Balaban J connectivity index is 1.86. The molecule has 0 bridgehead atoms. The maximum atomic E-state index is 11.8. The number of carbonyl (C=O) groups excluding carboxylic acids is 2. The number of ether oxygens (including phenoxy) is 1. The summed E-state index contributed by atoms with van der Waals surface area (Å²) in [5.74, 6) is -0.205. The van der Waals surface area contributed by atoms with E-state index in [1.54, 1.807) is 0 Å². The molecule has 2 amide bonds. The molecule has 0 spiro atoms. The molecule has 0 aromatic rings. The van der Waals surface area contributed by atoms with E-state index in [4.69, 9.17) is 4.74 Å². The first-order chi connectivity index (χ1) is 7.77. The smallest absolute Gasteiger partial charge is 0.249 e. The van der Waals surface area contributed by atoms with Crippen molar-refractivity contribution in [3.05, 3.63) is 0 Å². The number of rotatable bonds is 2. The summed E-state index contributed by atoms with van der Waals surface area (Å²) in [6.07, 6.45) is 4.02. The van der Waals surface area contributed by atoms with Crippen LogP contribution in [0.3, 0.4) is 0 Å². The van der Waals surface area contributed by atoms with Gasteiger partial charge in [-0.25, -0.2) is 0 Å². The van der Waals surface area contributed by atoms with Crippen LogP contribution < -0.4 is 10.6 Å². The molecule has 2 fully saturated rings. The summed E-state index contributed by atoms with van der Waals surface area (Å²) < 4.78 is 5.28. The van der Waals surface area contributed by atoms with Crippen LogP contribution in [-0.4, -0.2) is 37.1 Å². The molecule has 2 rings (SSSR count). The minimum Gasteiger partial charge on any atom is -0.368 e. The van der Waals surface area contributed by atoms with Crippen LogP contribution >= 0.6 is 0 Å². The van der Waals surface area contributed by atoms with Gasteiger partial charge in [-0.15, -0.1) is 0 Å². The van der Waals surface area contributed by atoms with Crippen molar-refractivity contribution in [1.29, 1.82) is 0 Å². The van der Waals surface area contributed by atoms with Gasteiger partial charge in [-0.05, 0) is 32.1 Å². The lowest BCUT2D eigenvalue weighted by atomic mass is 10.1. The molecule has 5 heteroatoms. The van der Waals surface area contributed by atoms with Gasteiger partial charge in [0.1, 0.15) is 12.1 Å². The van der Waals surface area contributed by atoms with E-state index in [0.29, 0.717) is 13.2 Å². The van der Waals surface area contributed by atoms with Crippen LogP contribution in [-0.2, 0) is 14.3 Å². The van der Waals surface area contributed by atoms with Crippen LogP contribution in [0.5, 0.6) is 0 Å². The Hall–Kier alpha value is -1.10. The number of carbonyl (C=O) groups is 2. The van der Waals surface area contributed by atoms with E-state index in [-0.39, 0.29) is 24.0 Å². The molecule has 2 heterocycles. The van der Waals surface area contributed by atoms with E-state index < -0.39 is 0 Å². The summed E-state index contributed by atoms with van der Waals surface area (Å²) in [6.45, 7) is 1.36. The zero-order chi connectivity index (χ0) is 11.4. The maximum Gasteiger partial charge on any atom is 0.249 e. The van der Waals surface area contributed by atoms with Crippen molar-refractivity contribution in [2.24, 2.45) is 0 Å². The molecule has 5 nitrogen and oxygen atoms in total. The summed E-state index contributed by atoms with van der Waals surface area (Å²) >= 11 is 0. The summed E-state index contributed by atoms with van der Waals surface area (Å²) in [6, 6.07) is -0.376. The topological polar surface area (TPSA) is 67.4 Å². The highest BCUT2D eigenvalue weighted by molar-refractivity contribution is 5.89. The minimum absolute atomic E-state index is 0.0659. The first-order valence-electron chi connectivity index (χ1n) is 5.97. The third kappa shape index (κ3) is 2.72. The van der Waals surface area contributed by atoms with Gasteiger partial charge in [-0.3, -0.25) is 9.59 Å². The zero-order valence-electron chi connectivity index (χ0n) is 9.33. The van der Waals surface area contributed by atoms with Crippen molar-refractivity contribution < 1.29 is 14.3 Å². The molecule has 0 aliphatic carbocycles. The Morgan fingerprint density at radius 1 is 1.31 bits per heavy atom. The third-order valence-corrected chi connectivity index (χ3v) is 3.07. The fourth-order valence-electron chi connectivity index (χ4n) is 2.13. The van der Waals surface area contributed by atoms with Crippen molar-refractivity contribution in [3.8, 4) is 0 Å². The predicted octanol–water partition coefficient (Wildman–Crippen LogP) is -0.0497. The molecule has 0 radical (unpaired) electrons. The lowest BCUT2D eigenvalue weighted by Gasteiger charge is -2.17.